The van der Waals surface area contributed by atoms with E-state index >= 15 is 0 Å². The lowest BCUT2D eigenvalue weighted by Crippen LogP contribution is -2.50. The second-order valence-corrected chi connectivity index (χ2v) is 6.02. The van der Waals surface area contributed by atoms with Crippen LogP contribution in [0.3, 0.4) is 0 Å². The number of hydrogen-bond acceptors (Lipinski definition) is 2. The Balaban J connectivity index is 4.72. The fourth-order valence-electron chi connectivity index (χ4n) is 1.40. The number of hydrogen-bond donors (Lipinski definition) is 1. The molecule has 3 nitrogen and oxygen atoms in total. The molecule has 0 aliphatic carbocycles. The molecule has 0 aromatic carbocycles. The highest BCUT2D eigenvalue weighted by Gasteiger charge is 2.33. The molecule has 0 unspecified atom stereocenters. The molecular formula is C12H26N2O. The highest BCUT2D eigenvalue weighted by atomic mass is 16.2. The lowest BCUT2D eigenvalue weighted by Gasteiger charge is -2.39. The maximum Gasteiger partial charge on any atom is 0.228 e. The maximum absolute atomic E-state index is 12.2. The Kier molecular flexibility index (Phi) is 4.78. The molecule has 0 aliphatic rings. The third-order valence-electron chi connectivity index (χ3n) is 2.28. The van der Waals surface area contributed by atoms with Crippen LogP contribution in [0.1, 0.15) is 48.0 Å². The summed E-state index contributed by atoms with van der Waals surface area (Å²) in [6.07, 6.45) is 0.860. The van der Waals surface area contributed by atoms with Crippen LogP contribution in [0.25, 0.3) is 0 Å². The van der Waals surface area contributed by atoms with E-state index in [0.29, 0.717) is 6.54 Å². The minimum absolute atomic E-state index is 0.125. The first kappa shape index (κ1) is 14.4. The first-order valence-electron chi connectivity index (χ1n) is 5.63. The molecule has 3 heteroatoms. The van der Waals surface area contributed by atoms with Gasteiger partial charge in [0.25, 0.3) is 0 Å². The number of nitrogens with two attached hydrogens (primary N) is 1. The van der Waals surface area contributed by atoms with Crippen molar-refractivity contribution in [3.63, 3.8) is 0 Å². The molecule has 0 aromatic rings. The molecule has 0 saturated carbocycles. The molecule has 0 fully saturated rings. The average Bonchev–Trinajstić information content (AvgIpc) is 2.00. The van der Waals surface area contributed by atoms with Gasteiger partial charge in [0.1, 0.15) is 0 Å². The number of carbonyl (C=O) groups excluding carboxylic acids is 1. The van der Waals surface area contributed by atoms with Crippen LogP contribution in [-0.4, -0.2) is 29.4 Å². The van der Waals surface area contributed by atoms with Crippen molar-refractivity contribution in [2.24, 2.45) is 11.1 Å². The van der Waals surface area contributed by atoms with Crippen LogP contribution in [0.15, 0.2) is 0 Å². The highest BCUT2D eigenvalue weighted by Crippen LogP contribution is 2.23. The summed E-state index contributed by atoms with van der Waals surface area (Å²) in [5.41, 5.74) is 5.05. The van der Waals surface area contributed by atoms with Gasteiger partial charge in [0, 0.05) is 17.5 Å². The predicted molar refractivity (Wildman–Crippen MR) is 64.6 cm³/mol. The van der Waals surface area contributed by atoms with E-state index < -0.39 is 0 Å². The summed E-state index contributed by atoms with van der Waals surface area (Å²) in [5, 5.41) is 0. The summed E-state index contributed by atoms with van der Waals surface area (Å²) in [4.78, 5) is 14.1. The van der Waals surface area contributed by atoms with E-state index in [9.17, 15) is 4.79 Å². The van der Waals surface area contributed by atoms with Crippen LogP contribution in [0.5, 0.6) is 0 Å². The van der Waals surface area contributed by atoms with Gasteiger partial charge in [-0.05, 0) is 33.7 Å². The lowest BCUT2D eigenvalue weighted by molar-refractivity contribution is -0.144. The zero-order chi connectivity index (χ0) is 12.3. The summed E-state index contributed by atoms with van der Waals surface area (Å²) in [6.45, 7) is 13.4. The van der Waals surface area contributed by atoms with Crippen LogP contribution in [0, 0.1) is 5.41 Å². The van der Waals surface area contributed by atoms with Crippen molar-refractivity contribution in [1.29, 1.82) is 0 Å². The van der Waals surface area contributed by atoms with Gasteiger partial charge >= 0.3 is 0 Å². The molecule has 0 bridgehead atoms. The summed E-state index contributed by atoms with van der Waals surface area (Å²) < 4.78 is 0. The third-order valence-corrected chi connectivity index (χ3v) is 2.28. The van der Waals surface area contributed by atoms with Gasteiger partial charge in [0.05, 0.1) is 0 Å². The number of amides is 1. The molecule has 15 heavy (non-hydrogen) atoms. The number of rotatable bonds is 3. The number of nitrogens with zero attached hydrogens (tertiary/aromatic N) is 1. The van der Waals surface area contributed by atoms with Gasteiger partial charge < -0.3 is 10.6 Å². The van der Waals surface area contributed by atoms with Crippen molar-refractivity contribution in [2.75, 3.05) is 13.1 Å². The van der Waals surface area contributed by atoms with Crippen LogP contribution in [-0.2, 0) is 4.79 Å². The molecule has 0 aromatic heterocycles. The summed E-state index contributed by atoms with van der Waals surface area (Å²) >= 11 is 0. The SMILES string of the molecule is CC(C)(C)C(=O)N(CCCN)C(C)(C)C. The first-order valence-corrected chi connectivity index (χ1v) is 5.63. The van der Waals surface area contributed by atoms with Crippen molar-refractivity contribution in [3.8, 4) is 0 Å². The summed E-state index contributed by atoms with van der Waals surface area (Å²) in [7, 11) is 0. The Morgan fingerprint density at radius 2 is 1.60 bits per heavy atom. The fourth-order valence-corrected chi connectivity index (χ4v) is 1.40. The molecule has 0 aliphatic heterocycles. The normalized spacial score (nSPS) is 12.7. The molecule has 90 valence electrons. The van der Waals surface area contributed by atoms with Gasteiger partial charge in [-0.25, -0.2) is 0 Å². The largest absolute Gasteiger partial charge is 0.337 e. The number of carbonyl (C=O) groups is 1. The molecule has 0 heterocycles. The monoisotopic (exact) mass is 214 g/mol. The van der Waals surface area contributed by atoms with Crippen molar-refractivity contribution in [3.05, 3.63) is 0 Å². The van der Waals surface area contributed by atoms with E-state index in [0.717, 1.165) is 13.0 Å². The van der Waals surface area contributed by atoms with Gasteiger partial charge in [-0.1, -0.05) is 20.8 Å². The van der Waals surface area contributed by atoms with E-state index in [2.05, 4.69) is 20.8 Å². The zero-order valence-electron chi connectivity index (χ0n) is 11.1. The molecule has 0 atom stereocenters. The molecule has 0 rings (SSSR count). The average molecular weight is 214 g/mol. The van der Waals surface area contributed by atoms with Crippen LogP contribution in [0.4, 0.5) is 0 Å². The molecule has 2 N–H and O–H groups in total. The second-order valence-electron chi connectivity index (χ2n) is 6.02. The van der Waals surface area contributed by atoms with Crippen LogP contribution >= 0.6 is 0 Å². The Morgan fingerprint density at radius 3 is 1.87 bits per heavy atom. The van der Waals surface area contributed by atoms with Gasteiger partial charge in [0.2, 0.25) is 5.91 Å². The van der Waals surface area contributed by atoms with Gasteiger partial charge in [-0.3, -0.25) is 4.79 Å². The minimum Gasteiger partial charge on any atom is -0.337 e. The topological polar surface area (TPSA) is 46.3 Å². The predicted octanol–water partition coefficient (Wildman–Crippen LogP) is 2.01. The van der Waals surface area contributed by atoms with E-state index in [1.165, 1.54) is 0 Å². The Bertz CT molecular complexity index is 211. The molecule has 1 amide bonds. The Morgan fingerprint density at radius 1 is 1.13 bits per heavy atom. The van der Waals surface area contributed by atoms with E-state index in [-0.39, 0.29) is 16.9 Å². The fraction of sp³-hybridized carbons (Fsp3) is 0.917. The van der Waals surface area contributed by atoms with Crippen molar-refractivity contribution < 1.29 is 4.79 Å². The molecule has 0 spiro atoms. The zero-order valence-corrected chi connectivity index (χ0v) is 11.1. The standard InChI is InChI=1S/C12H26N2O/c1-11(2,3)10(15)14(9-7-8-13)12(4,5)6/h7-9,13H2,1-6H3. The van der Waals surface area contributed by atoms with E-state index in [1.54, 1.807) is 0 Å². The second kappa shape index (κ2) is 4.97. The molecular weight excluding hydrogens is 188 g/mol. The quantitative estimate of drug-likeness (QED) is 0.781. The van der Waals surface area contributed by atoms with Gasteiger partial charge in [-0.2, -0.15) is 0 Å². The Labute approximate surface area is 94.0 Å². The smallest absolute Gasteiger partial charge is 0.228 e. The van der Waals surface area contributed by atoms with Crippen LogP contribution < -0.4 is 5.73 Å². The summed E-state index contributed by atoms with van der Waals surface area (Å²) in [6, 6.07) is 0. The molecule has 0 radical (unpaired) electrons. The highest BCUT2D eigenvalue weighted by molar-refractivity contribution is 5.82. The van der Waals surface area contributed by atoms with Gasteiger partial charge in [-0.15, -0.1) is 0 Å². The van der Waals surface area contributed by atoms with Gasteiger partial charge in [0.15, 0.2) is 0 Å². The molecule has 0 saturated heterocycles. The first-order chi connectivity index (χ1) is 6.60. The van der Waals surface area contributed by atoms with E-state index in [1.807, 2.05) is 25.7 Å². The van der Waals surface area contributed by atoms with Crippen molar-refractivity contribution in [1.82, 2.24) is 4.90 Å². The minimum atomic E-state index is -0.318. The van der Waals surface area contributed by atoms with E-state index in [4.69, 9.17) is 5.73 Å². The van der Waals surface area contributed by atoms with Crippen molar-refractivity contribution in [2.45, 2.75) is 53.5 Å². The Hall–Kier alpha value is -0.570. The van der Waals surface area contributed by atoms with Crippen LogP contribution in [0.2, 0.25) is 0 Å². The maximum atomic E-state index is 12.2. The lowest BCUT2D eigenvalue weighted by atomic mass is 9.91. The third kappa shape index (κ3) is 4.65. The summed E-state index contributed by atoms with van der Waals surface area (Å²) in [5.74, 6) is 0.198. The van der Waals surface area contributed by atoms with Crippen molar-refractivity contribution >= 4 is 5.91 Å².